The molecule has 2 aromatic carbocycles. The Morgan fingerprint density at radius 2 is 1.83 bits per heavy atom. The zero-order valence-electron chi connectivity index (χ0n) is 15.9. The van der Waals surface area contributed by atoms with Gasteiger partial charge in [0.05, 0.1) is 17.4 Å². The first kappa shape index (κ1) is 20.5. The summed E-state index contributed by atoms with van der Waals surface area (Å²) in [5.74, 6) is -0.940. The molecular formula is C21H20FN3O3S. The molecule has 0 aliphatic carbocycles. The lowest BCUT2D eigenvalue weighted by Gasteiger charge is -2.13. The molecule has 0 atom stereocenters. The summed E-state index contributed by atoms with van der Waals surface area (Å²) < 4.78 is 41.8. The van der Waals surface area contributed by atoms with Gasteiger partial charge in [0.2, 0.25) is 0 Å². The Hall–Kier alpha value is -3.26. The van der Waals surface area contributed by atoms with Crippen LogP contribution in [0.1, 0.15) is 27.0 Å². The quantitative estimate of drug-likeness (QED) is 0.647. The summed E-state index contributed by atoms with van der Waals surface area (Å²) in [6.07, 6.45) is 2.99. The predicted octanol–water partition coefficient (Wildman–Crippen LogP) is 3.57. The Labute approximate surface area is 168 Å². The zero-order valence-corrected chi connectivity index (χ0v) is 16.8. The van der Waals surface area contributed by atoms with Crippen LogP contribution in [0.15, 0.2) is 65.8 Å². The maximum atomic E-state index is 13.7. The van der Waals surface area contributed by atoms with Crippen molar-refractivity contribution in [1.82, 2.24) is 10.3 Å². The lowest BCUT2D eigenvalue weighted by atomic mass is 10.1. The number of pyridine rings is 1. The molecule has 0 saturated heterocycles. The van der Waals surface area contributed by atoms with E-state index >= 15 is 0 Å². The van der Waals surface area contributed by atoms with Gasteiger partial charge < -0.3 is 5.32 Å². The molecule has 0 bridgehead atoms. The second-order valence-corrected chi connectivity index (χ2v) is 8.27. The first-order valence-electron chi connectivity index (χ1n) is 8.83. The van der Waals surface area contributed by atoms with Crippen LogP contribution in [0.3, 0.4) is 0 Å². The number of benzene rings is 2. The third-order valence-electron chi connectivity index (χ3n) is 4.24. The fourth-order valence-electron chi connectivity index (χ4n) is 2.73. The fraction of sp³-hybridized carbons (Fsp3) is 0.143. The standard InChI is InChI=1S/C21H20FN3O3S/c1-14-9-17(13-23-11-14)25-29(27,28)20-6-4-3-5-18(20)21(26)24-12-16-8-7-15(2)19(22)10-16/h3-11,13,25H,12H2,1-2H3,(H,24,26). The average molecular weight is 413 g/mol. The van der Waals surface area contributed by atoms with Crippen LogP contribution >= 0.6 is 0 Å². The topological polar surface area (TPSA) is 88.2 Å². The van der Waals surface area contributed by atoms with E-state index < -0.39 is 15.9 Å². The first-order valence-corrected chi connectivity index (χ1v) is 10.3. The second-order valence-electron chi connectivity index (χ2n) is 6.62. The number of nitrogens with zero attached hydrogens (tertiary/aromatic N) is 1. The number of sulfonamides is 1. The van der Waals surface area contributed by atoms with Gasteiger partial charge in [-0.25, -0.2) is 12.8 Å². The van der Waals surface area contributed by atoms with Crippen molar-refractivity contribution in [2.45, 2.75) is 25.3 Å². The van der Waals surface area contributed by atoms with Crippen LogP contribution < -0.4 is 10.0 Å². The van der Waals surface area contributed by atoms with Crippen molar-refractivity contribution in [3.8, 4) is 0 Å². The molecule has 8 heteroatoms. The third-order valence-corrected chi connectivity index (χ3v) is 5.68. The van der Waals surface area contributed by atoms with Crippen LogP contribution in [-0.4, -0.2) is 19.3 Å². The largest absolute Gasteiger partial charge is 0.348 e. The lowest BCUT2D eigenvalue weighted by Crippen LogP contribution is -2.26. The molecule has 1 heterocycles. The van der Waals surface area contributed by atoms with Crippen LogP contribution in [0.5, 0.6) is 0 Å². The van der Waals surface area contributed by atoms with Gasteiger partial charge in [0, 0.05) is 12.7 Å². The van der Waals surface area contributed by atoms with Crippen LogP contribution in [0, 0.1) is 19.7 Å². The molecule has 1 amide bonds. The van der Waals surface area contributed by atoms with E-state index in [2.05, 4.69) is 15.0 Å². The summed E-state index contributed by atoms with van der Waals surface area (Å²) in [6, 6.07) is 12.2. The minimum Gasteiger partial charge on any atom is -0.348 e. The number of aryl methyl sites for hydroxylation is 2. The molecule has 150 valence electrons. The van der Waals surface area contributed by atoms with E-state index in [1.54, 1.807) is 44.3 Å². The van der Waals surface area contributed by atoms with Gasteiger partial charge >= 0.3 is 0 Å². The molecule has 0 saturated carbocycles. The van der Waals surface area contributed by atoms with Crippen molar-refractivity contribution in [3.05, 3.63) is 89.0 Å². The SMILES string of the molecule is Cc1cncc(NS(=O)(=O)c2ccccc2C(=O)NCc2ccc(C)c(F)c2)c1. The van der Waals surface area contributed by atoms with E-state index in [0.29, 0.717) is 16.8 Å². The summed E-state index contributed by atoms with van der Waals surface area (Å²) in [6.45, 7) is 3.51. The number of carbonyl (C=O) groups is 1. The molecule has 0 spiro atoms. The van der Waals surface area contributed by atoms with Gasteiger partial charge in [0.25, 0.3) is 15.9 Å². The Morgan fingerprint density at radius 1 is 1.07 bits per heavy atom. The Kier molecular flexibility index (Phi) is 5.93. The summed E-state index contributed by atoms with van der Waals surface area (Å²) in [5.41, 5.74) is 2.17. The molecule has 1 aromatic heterocycles. The molecule has 0 aliphatic rings. The fourth-order valence-corrected chi connectivity index (χ4v) is 3.97. The van der Waals surface area contributed by atoms with Crippen molar-refractivity contribution in [2.24, 2.45) is 0 Å². The zero-order chi connectivity index (χ0) is 21.0. The number of nitrogens with one attached hydrogen (secondary N) is 2. The monoisotopic (exact) mass is 413 g/mol. The highest BCUT2D eigenvalue weighted by molar-refractivity contribution is 7.92. The molecule has 3 rings (SSSR count). The molecule has 0 unspecified atom stereocenters. The van der Waals surface area contributed by atoms with Crippen molar-refractivity contribution in [3.63, 3.8) is 0 Å². The maximum absolute atomic E-state index is 13.7. The smallest absolute Gasteiger partial charge is 0.262 e. The van der Waals surface area contributed by atoms with E-state index in [1.807, 2.05) is 0 Å². The van der Waals surface area contributed by atoms with Crippen molar-refractivity contribution < 1.29 is 17.6 Å². The molecule has 0 fully saturated rings. The minimum absolute atomic E-state index is 0.00630. The first-order chi connectivity index (χ1) is 13.8. The lowest BCUT2D eigenvalue weighted by molar-refractivity contribution is 0.0947. The number of carbonyl (C=O) groups excluding carboxylic acids is 1. The van der Waals surface area contributed by atoms with Gasteiger partial charge in [0.15, 0.2) is 0 Å². The van der Waals surface area contributed by atoms with Crippen molar-refractivity contribution in [1.29, 1.82) is 0 Å². The molecule has 3 aromatic rings. The van der Waals surface area contributed by atoms with Crippen LogP contribution in [-0.2, 0) is 16.6 Å². The van der Waals surface area contributed by atoms with Gasteiger partial charge in [-0.1, -0.05) is 24.3 Å². The van der Waals surface area contributed by atoms with E-state index in [0.717, 1.165) is 5.56 Å². The van der Waals surface area contributed by atoms with Gasteiger partial charge in [0.1, 0.15) is 10.7 Å². The number of rotatable bonds is 6. The summed E-state index contributed by atoms with van der Waals surface area (Å²) in [5, 5.41) is 2.64. The normalized spacial score (nSPS) is 11.1. The number of anilines is 1. The van der Waals surface area contributed by atoms with Crippen molar-refractivity contribution in [2.75, 3.05) is 4.72 Å². The highest BCUT2D eigenvalue weighted by atomic mass is 32.2. The summed E-state index contributed by atoms with van der Waals surface area (Å²) >= 11 is 0. The van der Waals surface area contributed by atoms with E-state index in [-0.39, 0.29) is 22.8 Å². The molecule has 2 N–H and O–H groups in total. The average Bonchev–Trinajstić information content (AvgIpc) is 2.68. The number of amides is 1. The molecule has 0 radical (unpaired) electrons. The molecule has 0 aliphatic heterocycles. The number of hydrogen-bond donors (Lipinski definition) is 2. The number of hydrogen-bond acceptors (Lipinski definition) is 4. The highest BCUT2D eigenvalue weighted by Gasteiger charge is 2.22. The summed E-state index contributed by atoms with van der Waals surface area (Å²) in [7, 11) is -4.01. The number of halogens is 1. The number of aromatic nitrogens is 1. The minimum atomic E-state index is -4.01. The van der Waals surface area contributed by atoms with Crippen molar-refractivity contribution >= 4 is 21.6 Å². The third kappa shape index (κ3) is 4.97. The Morgan fingerprint density at radius 3 is 2.55 bits per heavy atom. The van der Waals surface area contributed by atoms with Gasteiger partial charge in [-0.15, -0.1) is 0 Å². The van der Waals surface area contributed by atoms with Crippen LogP contribution in [0.2, 0.25) is 0 Å². The second kappa shape index (κ2) is 8.40. The molecule has 29 heavy (non-hydrogen) atoms. The van der Waals surface area contributed by atoms with E-state index in [9.17, 15) is 17.6 Å². The summed E-state index contributed by atoms with van der Waals surface area (Å²) in [4.78, 5) is 16.4. The molecular weight excluding hydrogens is 393 g/mol. The van der Waals surface area contributed by atoms with Crippen LogP contribution in [0.4, 0.5) is 10.1 Å². The van der Waals surface area contributed by atoms with Gasteiger partial charge in [-0.2, -0.15) is 0 Å². The van der Waals surface area contributed by atoms with Crippen LogP contribution in [0.25, 0.3) is 0 Å². The maximum Gasteiger partial charge on any atom is 0.262 e. The Balaban J connectivity index is 1.81. The van der Waals surface area contributed by atoms with E-state index in [4.69, 9.17) is 0 Å². The Bertz CT molecular complexity index is 1160. The highest BCUT2D eigenvalue weighted by Crippen LogP contribution is 2.20. The molecule has 6 nitrogen and oxygen atoms in total. The van der Waals surface area contributed by atoms with Gasteiger partial charge in [-0.05, 0) is 54.8 Å². The predicted molar refractivity (Wildman–Crippen MR) is 109 cm³/mol. The van der Waals surface area contributed by atoms with E-state index in [1.165, 1.54) is 30.5 Å². The van der Waals surface area contributed by atoms with Gasteiger partial charge in [-0.3, -0.25) is 14.5 Å².